The number of allylic oxidation sites excluding steroid dienone is 2. The molecule has 0 spiro atoms. The quantitative estimate of drug-likeness (QED) is 0.133. The third kappa shape index (κ3) is 8.24. The van der Waals surface area contributed by atoms with Crippen LogP contribution in [0.25, 0.3) is 33.7 Å². The van der Waals surface area contributed by atoms with Gasteiger partial charge in [-0.3, -0.25) is 9.78 Å². The summed E-state index contributed by atoms with van der Waals surface area (Å²) in [6.07, 6.45) is 1.17. The Morgan fingerprint density at radius 2 is 1.50 bits per heavy atom. The molecule has 0 bridgehead atoms. The largest absolute Gasteiger partial charge is 0.512 e. The smallest absolute Gasteiger partial charge is 0.155 e. The van der Waals surface area contributed by atoms with E-state index in [1.54, 1.807) is 0 Å². The number of fused-ring (bicyclic) bond motifs is 1. The third-order valence-electron chi connectivity index (χ3n) is 5.97. The Balaban J connectivity index is 0.000000561. The topological polar surface area (TPSA) is 63.3 Å². The van der Waals surface area contributed by atoms with E-state index in [1.807, 2.05) is 18.2 Å². The predicted octanol–water partition coefficient (Wildman–Crippen LogP) is 8.90. The summed E-state index contributed by atoms with van der Waals surface area (Å²) in [5, 5.41) is 8.36. The molecule has 4 rings (SSSR count). The van der Waals surface area contributed by atoms with Gasteiger partial charge in [0.1, 0.15) is 5.76 Å². The van der Waals surface area contributed by atoms with Crippen LogP contribution in [0.1, 0.15) is 72.1 Å². The molecule has 0 unspecified atom stereocenters. The number of benzene rings is 2. The number of nitrogens with zero attached hydrogens (tertiary/aromatic N) is 1. The molecule has 2 aromatic heterocycles. The van der Waals surface area contributed by atoms with E-state index in [4.69, 9.17) is 14.5 Å². The number of aryl methyl sites for hydroxylation is 1. The van der Waals surface area contributed by atoms with Crippen molar-refractivity contribution in [3.8, 4) is 22.6 Å². The fourth-order valence-electron chi connectivity index (χ4n) is 3.93. The summed E-state index contributed by atoms with van der Waals surface area (Å²) in [5.41, 5.74) is 8.65. The maximum absolute atomic E-state index is 10.0. The monoisotopic (exact) mass is 689 g/mol. The van der Waals surface area contributed by atoms with E-state index < -0.39 is 0 Å². The second-order valence-electron chi connectivity index (χ2n) is 11.6. The number of pyridine rings is 1. The number of carbonyl (C=O) groups excluding carboxylic acids is 1. The zero-order chi connectivity index (χ0) is 27.5. The standard InChI is InChI=1S/C28H30NO.C5H8O2.Ir/c1-18-14-20(16-22(15-18)28(5,6)7)23-12-13-25-24(29-23)17-26(30-25)19-8-10-21(11-9-19)27(2,3)4;1-4(6)3-5(2)7;/h8-13,15-17H,1-7H3;3,6H,1-2H3;/q-1;;/b;4-3-;. The molecule has 38 heavy (non-hydrogen) atoms. The zero-order valence-electron chi connectivity index (χ0n) is 23.8. The first kappa shape index (κ1) is 31.2. The molecule has 5 heteroatoms. The van der Waals surface area contributed by atoms with Crippen LogP contribution in [0.2, 0.25) is 0 Å². The summed E-state index contributed by atoms with van der Waals surface area (Å²) >= 11 is 0. The maximum Gasteiger partial charge on any atom is 0.155 e. The molecule has 0 fully saturated rings. The van der Waals surface area contributed by atoms with Crippen LogP contribution in [0.4, 0.5) is 0 Å². The van der Waals surface area contributed by atoms with Gasteiger partial charge in [-0.1, -0.05) is 78.8 Å². The van der Waals surface area contributed by atoms with E-state index in [0.717, 1.165) is 39.2 Å². The normalized spacial score (nSPS) is 12.0. The van der Waals surface area contributed by atoms with E-state index in [-0.39, 0.29) is 42.5 Å². The van der Waals surface area contributed by atoms with Crippen LogP contribution in [0.5, 0.6) is 0 Å². The molecule has 0 saturated carbocycles. The Kier molecular flexibility index (Phi) is 10.0. The van der Waals surface area contributed by atoms with Crippen molar-refractivity contribution >= 4 is 16.9 Å². The van der Waals surface area contributed by atoms with Crippen molar-refractivity contribution in [1.82, 2.24) is 4.98 Å². The third-order valence-corrected chi connectivity index (χ3v) is 5.97. The van der Waals surface area contributed by atoms with Crippen molar-refractivity contribution < 1.29 is 34.4 Å². The van der Waals surface area contributed by atoms with Gasteiger partial charge in [0.2, 0.25) is 0 Å². The summed E-state index contributed by atoms with van der Waals surface area (Å²) in [6, 6.07) is 22.6. The van der Waals surface area contributed by atoms with Crippen molar-refractivity contribution in [2.24, 2.45) is 0 Å². The van der Waals surface area contributed by atoms with E-state index in [9.17, 15) is 4.79 Å². The second kappa shape index (κ2) is 12.2. The molecule has 0 saturated heterocycles. The molecule has 0 amide bonds. The Morgan fingerprint density at radius 3 is 2.00 bits per heavy atom. The molecule has 1 radical (unpaired) electrons. The molecule has 0 aliphatic carbocycles. The van der Waals surface area contributed by atoms with Gasteiger partial charge >= 0.3 is 0 Å². The fourth-order valence-corrected chi connectivity index (χ4v) is 3.93. The van der Waals surface area contributed by atoms with Crippen LogP contribution in [0, 0.1) is 13.0 Å². The van der Waals surface area contributed by atoms with Crippen molar-refractivity contribution in [3.63, 3.8) is 0 Å². The van der Waals surface area contributed by atoms with E-state index in [2.05, 4.69) is 90.9 Å². The fraction of sp³-hybridized carbons (Fsp3) is 0.333. The summed E-state index contributed by atoms with van der Waals surface area (Å²) in [6.45, 7) is 18.3. The predicted molar refractivity (Wildman–Crippen MR) is 153 cm³/mol. The van der Waals surface area contributed by atoms with Gasteiger partial charge in [-0.05, 0) is 42.0 Å². The van der Waals surface area contributed by atoms with Crippen LogP contribution in [0.15, 0.2) is 70.8 Å². The van der Waals surface area contributed by atoms with Gasteiger partial charge in [0.05, 0.1) is 11.3 Å². The van der Waals surface area contributed by atoms with E-state index >= 15 is 0 Å². The second-order valence-corrected chi connectivity index (χ2v) is 11.6. The molecule has 203 valence electrons. The zero-order valence-corrected chi connectivity index (χ0v) is 26.2. The average molecular weight is 689 g/mol. The van der Waals surface area contributed by atoms with Gasteiger partial charge in [0, 0.05) is 37.8 Å². The first-order valence-electron chi connectivity index (χ1n) is 12.6. The molecule has 1 N–H and O–H groups in total. The number of furan rings is 1. The molecule has 4 aromatic rings. The van der Waals surface area contributed by atoms with Crippen molar-refractivity contribution in [3.05, 3.63) is 89.2 Å². The van der Waals surface area contributed by atoms with Gasteiger partial charge in [-0.2, -0.15) is 0 Å². The van der Waals surface area contributed by atoms with Gasteiger partial charge < -0.3 is 9.52 Å². The van der Waals surface area contributed by atoms with Crippen LogP contribution < -0.4 is 0 Å². The van der Waals surface area contributed by atoms with Gasteiger partial charge in [-0.15, -0.1) is 34.9 Å². The minimum Gasteiger partial charge on any atom is -0.512 e. The summed E-state index contributed by atoms with van der Waals surface area (Å²) in [5.74, 6) is 0.784. The SMILES string of the molecule is CC(=O)/C=C(/C)O.Cc1[c-]c(-c2ccc3oc(-c4ccc(C(C)(C)C)cc4)cc3n2)cc(C(C)(C)C)c1.[Ir]. The van der Waals surface area contributed by atoms with Gasteiger partial charge in [-0.25, -0.2) is 0 Å². The van der Waals surface area contributed by atoms with E-state index in [1.165, 1.54) is 31.1 Å². The van der Waals surface area contributed by atoms with Crippen LogP contribution in [0.3, 0.4) is 0 Å². The number of hydrogen-bond donors (Lipinski definition) is 1. The molecule has 0 aliphatic heterocycles. The summed E-state index contributed by atoms with van der Waals surface area (Å²) in [7, 11) is 0. The van der Waals surface area contributed by atoms with Crippen LogP contribution in [-0.2, 0) is 35.7 Å². The maximum atomic E-state index is 10.0. The number of aliphatic hydroxyl groups is 1. The minimum absolute atomic E-state index is 0. The van der Waals surface area contributed by atoms with Crippen molar-refractivity contribution in [1.29, 1.82) is 0 Å². The molecule has 0 aliphatic rings. The molecule has 2 aromatic carbocycles. The number of ketones is 1. The average Bonchev–Trinajstić information content (AvgIpc) is 3.20. The van der Waals surface area contributed by atoms with Gasteiger partial charge in [0.15, 0.2) is 11.4 Å². The van der Waals surface area contributed by atoms with Crippen molar-refractivity contribution in [2.45, 2.75) is 73.1 Å². The summed E-state index contributed by atoms with van der Waals surface area (Å²) < 4.78 is 6.10. The van der Waals surface area contributed by atoms with Crippen LogP contribution >= 0.6 is 0 Å². The number of aromatic nitrogens is 1. The Bertz CT molecular complexity index is 1430. The number of hydrogen-bond acceptors (Lipinski definition) is 4. The minimum atomic E-state index is -0.125. The Labute approximate surface area is 240 Å². The Hall–Kier alpha value is -3.01. The molecule has 4 nitrogen and oxygen atoms in total. The first-order valence-corrected chi connectivity index (χ1v) is 12.6. The molecule has 2 heterocycles. The summed E-state index contributed by atoms with van der Waals surface area (Å²) in [4.78, 5) is 14.9. The first-order chi connectivity index (χ1) is 17.1. The van der Waals surface area contributed by atoms with Crippen LogP contribution in [-0.4, -0.2) is 15.9 Å². The van der Waals surface area contributed by atoms with Crippen molar-refractivity contribution in [2.75, 3.05) is 0 Å². The molecular formula is C33H38IrNO3-. The van der Waals surface area contributed by atoms with E-state index in [0.29, 0.717) is 0 Å². The van der Waals surface area contributed by atoms with Gasteiger partial charge in [0.25, 0.3) is 0 Å². The number of rotatable bonds is 3. The number of carbonyl (C=O) groups is 1. The Morgan fingerprint density at radius 1 is 0.895 bits per heavy atom. The number of aliphatic hydroxyl groups excluding tert-OH is 1. The molecule has 0 atom stereocenters. The molecular weight excluding hydrogens is 651 g/mol.